The molecule has 1 saturated heterocycles. The van der Waals surface area contributed by atoms with E-state index in [1.807, 2.05) is 19.2 Å². The molecule has 1 aliphatic heterocycles. The first kappa shape index (κ1) is 12.8. The molecular formula is C13H18BrNO2. The van der Waals surface area contributed by atoms with Crippen molar-refractivity contribution in [1.29, 1.82) is 0 Å². The van der Waals surface area contributed by atoms with Gasteiger partial charge in [0.05, 0.1) is 6.10 Å². The van der Waals surface area contributed by atoms with Crippen LogP contribution in [-0.2, 0) is 11.3 Å². The Morgan fingerprint density at radius 3 is 3.12 bits per heavy atom. The van der Waals surface area contributed by atoms with Crippen LogP contribution in [0.2, 0.25) is 0 Å². The fourth-order valence-corrected chi connectivity index (χ4v) is 2.86. The van der Waals surface area contributed by atoms with Crippen molar-refractivity contribution in [3.05, 3.63) is 32.7 Å². The lowest BCUT2D eigenvalue weighted by Gasteiger charge is -2.11. The number of ether oxygens (including phenoxy) is 1. The van der Waals surface area contributed by atoms with Gasteiger partial charge < -0.3 is 9.30 Å². The largest absolute Gasteiger partial charge is 0.378 e. The van der Waals surface area contributed by atoms with Gasteiger partial charge in [0.15, 0.2) is 0 Å². The zero-order valence-electron chi connectivity index (χ0n) is 10.1. The van der Waals surface area contributed by atoms with Crippen LogP contribution in [0.5, 0.6) is 0 Å². The molecule has 0 aliphatic carbocycles. The third-order valence-corrected chi connectivity index (χ3v) is 3.61. The zero-order chi connectivity index (χ0) is 12.3. The fraction of sp³-hybridized carbons (Fsp3) is 0.615. The summed E-state index contributed by atoms with van der Waals surface area (Å²) in [4.78, 5) is 11.9. The average molecular weight is 300 g/mol. The first-order chi connectivity index (χ1) is 8.16. The van der Waals surface area contributed by atoms with Crippen LogP contribution < -0.4 is 5.56 Å². The molecule has 0 N–H and O–H groups in total. The Hall–Kier alpha value is -0.610. The Labute approximate surface area is 110 Å². The Kier molecular flexibility index (Phi) is 4.40. The number of halogens is 1. The normalized spacial score (nSPS) is 19.8. The van der Waals surface area contributed by atoms with E-state index in [0.29, 0.717) is 6.10 Å². The molecule has 1 atom stereocenters. The van der Waals surface area contributed by atoms with E-state index in [-0.39, 0.29) is 5.56 Å². The molecule has 0 saturated carbocycles. The molecule has 0 amide bonds. The maximum absolute atomic E-state index is 11.9. The summed E-state index contributed by atoms with van der Waals surface area (Å²) in [5, 5.41) is 0. The highest BCUT2D eigenvalue weighted by atomic mass is 79.9. The standard InChI is InChI=1S/C13H18BrNO2/c1-10-8-11(14)9-15(13(10)16)6-2-4-12-5-3-7-17-12/h8-9,12H,2-7H2,1H3. The highest BCUT2D eigenvalue weighted by Gasteiger charge is 2.14. The van der Waals surface area contributed by atoms with E-state index in [1.54, 1.807) is 4.57 Å². The Balaban J connectivity index is 1.92. The Morgan fingerprint density at radius 2 is 2.41 bits per heavy atom. The van der Waals surface area contributed by atoms with Crippen LogP contribution in [0.1, 0.15) is 31.2 Å². The van der Waals surface area contributed by atoms with E-state index in [1.165, 1.54) is 12.8 Å². The minimum atomic E-state index is 0.112. The van der Waals surface area contributed by atoms with Gasteiger partial charge in [-0.1, -0.05) is 0 Å². The molecular weight excluding hydrogens is 282 g/mol. The number of pyridine rings is 1. The van der Waals surface area contributed by atoms with Crippen molar-refractivity contribution in [2.45, 2.75) is 45.3 Å². The molecule has 3 nitrogen and oxygen atoms in total. The van der Waals surface area contributed by atoms with Gasteiger partial charge in [-0.2, -0.15) is 0 Å². The second kappa shape index (κ2) is 5.83. The lowest BCUT2D eigenvalue weighted by Crippen LogP contribution is -2.22. The smallest absolute Gasteiger partial charge is 0.253 e. The van der Waals surface area contributed by atoms with Gasteiger partial charge in [-0.3, -0.25) is 4.79 Å². The maximum Gasteiger partial charge on any atom is 0.253 e. The molecule has 0 spiro atoms. The molecule has 2 rings (SSSR count). The molecule has 0 bridgehead atoms. The summed E-state index contributed by atoms with van der Waals surface area (Å²) in [5.41, 5.74) is 0.900. The average Bonchev–Trinajstić information content (AvgIpc) is 2.78. The van der Waals surface area contributed by atoms with E-state index in [4.69, 9.17) is 4.74 Å². The van der Waals surface area contributed by atoms with E-state index in [2.05, 4.69) is 15.9 Å². The maximum atomic E-state index is 11.9. The Morgan fingerprint density at radius 1 is 1.59 bits per heavy atom. The number of aryl methyl sites for hydroxylation is 2. The highest BCUT2D eigenvalue weighted by molar-refractivity contribution is 9.10. The van der Waals surface area contributed by atoms with Crippen LogP contribution in [0, 0.1) is 6.92 Å². The van der Waals surface area contributed by atoms with Crippen LogP contribution in [0.4, 0.5) is 0 Å². The molecule has 0 radical (unpaired) electrons. The molecule has 1 aromatic rings. The predicted molar refractivity (Wildman–Crippen MR) is 71.3 cm³/mol. The number of hydrogen-bond acceptors (Lipinski definition) is 2. The van der Waals surface area contributed by atoms with Crippen LogP contribution >= 0.6 is 15.9 Å². The number of rotatable bonds is 4. The van der Waals surface area contributed by atoms with Crippen molar-refractivity contribution in [2.75, 3.05) is 6.61 Å². The van der Waals surface area contributed by atoms with E-state index in [9.17, 15) is 4.79 Å². The number of hydrogen-bond donors (Lipinski definition) is 0. The third kappa shape index (κ3) is 3.42. The lowest BCUT2D eigenvalue weighted by atomic mass is 10.1. The number of nitrogens with zero attached hydrogens (tertiary/aromatic N) is 1. The lowest BCUT2D eigenvalue weighted by molar-refractivity contribution is 0.101. The summed E-state index contributed by atoms with van der Waals surface area (Å²) in [7, 11) is 0. The van der Waals surface area contributed by atoms with Gasteiger partial charge in [0, 0.05) is 29.4 Å². The van der Waals surface area contributed by atoms with Crippen molar-refractivity contribution in [1.82, 2.24) is 4.57 Å². The SMILES string of the molecule is Cc1cc(Br)cn(CCCC2CCCO2)c1=O. The second-order valence-electron chi connectivity index (χ2n) is 4.62. The monoisotopic (exact) mass is 299 g/mol. The fourth-order valence-electron chi connectivity index (χ4n) is 2.27. The first-order valence-corrected chi connectivity index (χ1v) is 6.94. The molecule has 1 fully saturated rings. The Bertz CT molecular complexity index is 436. The van der Waals surface area contributed by atoms with E-state index >= 15 is 0 Å². The van der Waals surface area contributed by atoms with Gasteiger partial charge in [0.2, 0.25) is 0 Å². The van der Waals surface area contributed by atoms with Gasteiger partial charge in [-0.15, -0.1) is 0 Å². The van der Waals surface area contributed by atoms with Gasteiger partial charge in [0.25, 0.3) is 5.56 Å². The second-order valence-corrected chi connectivity index (χ2v) is 5.53. The van der Waals surface area contributed by atoms with Crippen molar-refractivity contribution >= 4 is 15.9 Å². The summed E-state index contributed by atoms with van der Waals surface area (Å²) < 4.78 is 8.32. The zero-order valence-corrected chi connectivity index (χ0v) is 11.7. The van der Waals surface area contributed by atoms with Gasteiger partial charge >= 0.3 is 0 Å². The highest BCUT2D eigenvalue weighted by Crippen LogP contribution is 2.17. The van der Waals surface area contributed by atoms with Gasteiger partial charge in [-0.05, 0) is 54.6 Å². The van der Waals surface area contributed by atoms with Crippen LogP contribution in [0.15, 0.2) is 21.5 Å². The number of aromatic nitrogens is 1. The van der Waals surface area contributed by atoms with Gasteiger partial charge in [0.1, 0.15) is 0 Å². The molecule has 2 heterocycles. The molecule has 17 heavy (non-hydrogen) atoms. The van der Waals surface area contributed by atoms with E-state index < -0.39 is 0 Å². The molecule has 4 heteroatoms. The van der Waals surface area contributed by atoms with Crippen molar-refractivity contribution in [3.8, 4) is 0 Å². The van der Waals surface area contributed by atoms with Crippen LogP contribution in [0.3, 0.4) is 0 Å². The van der Waals surface area contributed by atoms with Crippen LogP contribution in [0.25, 0.3) is 0 Å². The first-order valence-electron chi connectivity index (χ1n) is 6.15. The minimum absolute atomic E-state index is 0.112. The molecule has 94 valence electrons. The van der Waals surface area contributed by atoms with Crippen molar-refractivity contribution < 1.29 is 4.74 Å². The molecule has 1 aliphatic rings. The summed E-state index contributed by atoms with van der Waals surface area (Å²) in [6.45, 7) is 3.53. The topological polar surface area (TPSA) is 31.2 Å². The summed E-state index contributed by atoms with van der Waals surface area (Å²) in [6, 6.07) is 1.86. The molecule has 1 unspecified atom stereocenters. The van der Waals surface area contributed by atoms with Crippen molar-refractivity contribution in [2.24, 2.45) is 0 Å². The summed E-state index contributed by atoms with van der Waals surface area (Å²) in [6.07, 6.45) is 6.69. The molecule has 1 aromatic heterocycles. The molecule has 0 aromatic carbocycles. The quantitative estimate of drug-likeness (QED) is 0.856. The van der Waals surface area contributed by atoms with Gasteiger partial charge in [-0.25, -0.2) is 0 Å². The summed E-state index contributed by atoms with van der Waals surface area (Å²) >= 11 is 3.42. The van der Waals surface area contributed by atoms with Crippen molar-refractivity contribution in [3.63, 3.8) is 0 Å². The van der Waals surface area contributed by atoms with Crippen LogP contribution in [-0.4, -0.2) is 17.3 Å². The minimum Gasteiger partial charge on any atom is -0.378 e. The summed E-state index contributed by atoms with van der Waals surface area (Å²) in [5.74, 6) is 0. The van der Waals surface area contributed by atoms with E-state index in [0.717, 1.165) is 36.0 Å². The predicted octanol–water partition coefficient (Wildman–Crippen LogP) is 2.88. The third-order valence-electron chi connectivity index (χ3n) is 3.18.